The van der Waals surface area contributed by atoms with Crippen molar-refractivity contribution in [3.63, 3.8) is 0 Å². The Hall–Kier alpha value is -1.59. The highest BCUT2D eigenvalue weighted by Crippen LogP contribution is 2.35. The van der Waals surface area contributed by atoms with Crippen LogP contribution in [0.3, 0.4) is 0 Å². The number of benzene rings is 1. The Morgan fingerprint density at radius 3 is 2.78 bits per heavy atom. The van der Waals surface area contributed by atoms with Crippen LogP contribution in [-0.4, -0.2) is 9.97 Å². The predicted octanol–water partition coefficient (Wildman–Crippen LogP) is 3.73. The molecule has 0 aliphatic rings. The Bertz CT molecular complexity index is 673. The first-order chi connectivity index (χ1) is 8.72. The molecule has 0 fully saturated rings. The molecule has 3 aromatic rings. The number of aryl methyl sites for hydroxylation is 1. The second kappa shape index (κ2) is 4.59. The van der Waals surface area contributed by atoms with E-state index in [0.717, 1.165) is 20.6 Å². The second-order valence-electron chi connectivity index (χ2n) is 3.90. The Balaban J connectivity index is 1.98. The van der Waals surface area contributed by atoms with Gasteiger partial charge >= 0.3 is 0 Å². The maximum absolute atomic E-state index is 5.93. The lowest BCUT2D eigenvalue weighted by Crippen LogP contribution is -1.93. The van der Waals surface area contributed by atoms with Gasteiger partial charge in [0.25, 0.3) is 0 Å². The van der Waals surface area contributed by atoms with Crippen LogP contribution in [0.1, 0.15) is 5.69 Å². The Morgan fingerprint density at radius 2 is 1.94 bits per heavy atom. The molecule has 1 aromatic carbocycles. The van der Waals surface area contributed by atoms with Crippen LogP contribution >= 0.6 is 23.1 Å². The van der Waals surface area contributed by atoms with Gasteiger partial charge in [0.2, 0.25) is 0 Å². The van der Waals surface area contributed by atoms with Gasteiger partial charge in [0.15, 0.2) is 4.34 Å². The number of nitrogens with two attached hydrogens (primary N) is 1. The third-order valence-electron chi connectivity index (χ3n) is 2.49. The fourth-order valence-electron chi connectivity index (χ4n) is 1.60. The van der Waals surface area contributed by atoms with Crippen molar-refractivity contribution < 1.29 is 0 Å². The quantitative estimate of drug-likeness (QED) is 0.773. The molecule has 0 saturated heterocycles. The minimum Gasteiger partial charge on any atom is -0.397 e. The van der Waals surface area contributed by atoms with Crippen molar-refractivity contribution >= 4 is 39.0 Å². The van der Waals surface area contributed by atoms with Crippen LogP contribution in [0.15, 0.2) is 45.8 Å². The summed E-state index contributed by atoms with van der Waals surface area (Å²) in [5, 5.41) is 0.828. The Kier molecular flexibility index (Phi) is 2.93. The number of anilines is 1. The fraction of sp³-hybridized carbons (Fsp3) is 0.0769. The molecular weight excluding hydrogens is 262 g/mol. The zero-order valence-corrected chi connectivity index (χ0v) is 11.4. The number of hydrogen-bond acceptors (Lipinski definition) is 5. The SMILES string of the molecule is Cc1ccc(N)c(Sc2nc3ccccc3s2)n1. The summed E-state index contributed by atoms with van der Waals surface area (Å²) in [7, 11) is 0. The highest BCUT2D eigenvalue weighted by Gasteiger charge is 2.08. The summed E-state index contributed by atoms with van der Waals surface area (Å²) in [5.41, 5.74) is 8.61. The summed E-state index contributed by atoms with van der Waals surface area (Å²) < 4.78 is 2.16. The lowest BCUT2D eigenvalue weighted by Gasteiger charge is -2.02. The maximum Gasteiger partial charge on any atom is 0.157 e. The average Bonchev–Trinajstić information content (AvgIpc) is 2.76. The van der Waals surface area contributed by atoms with Gasteiger partial charge in [-0.3, -0.25) is 0 Å². The van der Waals surface area contributed by atoms with Crippen LogP contribution < -0.4 is 5.73 Å². The molecular formula is C13H11N3S2. The molecule has 0 saturated carbocycles. The standard InChI is InChI=1S/C13H11N3S2/c1-8-6-7-9(14)12(15-8)18-13-16-10-4-2-3-5-11(10)17-13/h2-7H,14H2,1H3. The number of thiazole rings is 1. The van der Waals surface area contributed by atoms with Crippen molar-refractivity contribution in [2.24, 2.45) is 0 Å². The van der Waals surface area contributed by atoms with E-state index >= 15 is 0 Å². The molecule has 0 bridgehead atoms. The normalized spacial score (nSPS) is 10.9. The zero-order valence-electron chi connectivity index (χ0n) is 9.75. The van der Waals surface area contributed by atoms with Crippen molar-refractivity contribution in [3.8, 4) is 0 Å². The lowest BCUT2D eigenvalue weighted by atomic mass is 10.3. The van der Waals surface area contributed by atoms with E-state index in [0.29, 0.717) is 5.69 Å². The summed E-state index contributed by atoms with van der Waals surface area (Å²) in [4.78, 5) is 9.01. The molecule has 2 heterocycles. The number of nitrogens with zero attached hydrogens (tertiary/aromatic N) is 2. The highest BCUT2D eigenvalue weighted by atomic mass is 32.2. The monoisotopic (exact) mass is 273 g/mol. The summed E-state index contributed by atoms with van der Waals surface area (Å²) >= 11 is 3.19. The summed E-state index contributed by atoms with van der Waals surface area (Å²) in [6, 6.07) is 11.9. The van der Waals surface area contributed by atoms with Crippen molar-refractivity contribution in [3.05, 3.63) is 42.1 Å². The molecule has 3 rings (SSSR count). The van der Waals surface area contributed by atoms with E-state index in [1.54, 1.807) is 11.3 Å². The van der Waals surface area contributed by atoms with Crippen molar-refractivity contribution in [1.82, 2.24) is 9.97 Å². The van der Waals surface area contributed by atoms with E-state index in [1.165, 1.54) is 16.5 Å². The molecule has 18 heavy (non-hydrogen) atoms. The molecule has 2 aromatic heterocycles. The van der Waals surface area contributed by atoms with Crippen LogP contribution in [0.25, 0.3) is 10.2 Å². The van der Waals surface area contributed by atoms with E-state index in [9.17, 15) is 0 Å². The summed E-state index contributed by atoms with van der Waals surface area (Å²) in [5.74, 6) is 0. The highest BCUT2D eigenvalue weighted by molar-refractivity contribution is 8.01. The summed E-state index contributed by atoms with van der Waals surface area (Å²) in [6.45, 7) is 1.96. The number of pyridine rings is 1. The topological polar surface area (TPSA) is 51.8 Å². The van der Waals surface area contributed by atoms with Crippen molar-refractivity contribution in [1.29, 1.82) is 0 Å². The van der Waals surface area contributed by atoms with Gasteiger partial charge in [0, 0.05) is 5.69 Å². The van der Waals surface area contributed by atoms with Crippen LogP contribution in [0, 0.1) is 6.92 Å². The number of fused-ring (bicyclic) bond motifs is 1. The fourth-order valence-corrected chi connectivity index (χ4v) is 3.66. The number of rotatable bonds is 2. The van der Waals surface area contributed by atoms with Gasteiger partial charge in [0.1, 0.15) is 5.03 Å². The third-order valence-corrected chi connectivity index (χ3v) is 4.60. The van der Waals surface area contributed by atoms with E-state index in [-0.39, 0.29) is 0 Å². The van der Waals surface area contributed by atoms with E-state index in [2.05, 4.69) is 16.0 Å². The average molecular weight is 273 g/mol. The zero-order chi connectivity index (χ0) is 12.5. The molecule has 90 valence electrons. The van der Waals surface area contributed by atoms with Crippen molar-refractivity contribution in [2.45, 2.75) is 16.3 Å². The molecule has 0 atom stereocenters. The van der Waals surface area contributed by atoms with Crippen LogP contribution in [0.5, 0.6) is 0 Å². The molecule has 0 amide bonds. The van der Waals surface area contributed by atoms with Gasteiger partial charge in [-0.2, -0.15) is 0 Å². The first-order valence-corrected chi connectivity index (χ1v) is 7.12. The van der Waals surface area contributed by atoms with Gasteiger partial charge < -0.3 is 5.73 Å². The maximum atomic E-state index is 5.93. The largest absolute Gasteiger partial charge is 0.397 e. The van der Waals surface area contributed by atoms with Crippen LogP contribution in [0.2, 0.25) is 0 Å². The van der Waals surface area contributed by atoms with E-state index in [1.807, 2.05) is 37.3 Å². The van der Waals surface area contributed by atoms with E-state index < -0.39 is 0 Å². The molecule has 3 nitrogen and oxygen atoms in total. The first-order valence-electron chi connectivity index (χ1n) is 5.49. The van der Waals surface area contributed by atoms with Crippen LogP contribution in [0.4, 0.5) is 5.69 Å². The summed E-state index contributed by atoms with van der Waals surface area (Å²) in [6.07, 6.45) is 0. The first kappa shape index (κ1) is 11.5. The molecule has 0 aliphatic heterocycles. The van der Waals surface area contributed by atoms with Gasteiger partial charge in [0.05, 0.1) is 15.9 Å². The predicted molar refractivity (Wildman–Crippen MR) is 77.1 cm³/mol. The Labute approximate surface area is 113 Å². The van der Waals surface area contributed by atoms with Crippen molar-refractivity contribution in [2.75, 3.05) is 5.73 Å². The van der Waals surface area contributed by atoms with Gasteiger partial charge in [-0.15, -0.1) is 11.3 Å². The molecule has 0 spiro atoms. The minimum atomic E-state index is 0.699. The smallest absolute Gasteiger partial charge is 0.157 e. The van der Waals surface area contributed by atoms with Gasteiger partial charge in [-0.25, -0.2) is 9.97 Å². The van der Waals surface area contributed by atoms with E-state index in [4.69, 9.17) is 5.73 Å². The van der Waals surface area contributed by atoms with Crippen LogP contribution in [-0.2, 0) is 0 Å². The second-order valence-corrected chi connectivity index (χ2v) is 6.16. The number of hydrogen-bond donors (Lipinski definition) is 1. The van der Waals surface area contributed by atoms with Gasteiger partial charge in [-0.1, -0.05) is 12.1 Å². The van der Waals surface area contributed by atoms with Gasteiger partial charge in [-0.05, 0) is 43.0 Å². The molecule has 0 aliphatic carbocycles. The lowest BCUT2D eigenvalue weighted by molar-refractivity contribution is 1.07. The number of para-hydroxylation sites is 1. The number of aromatic nitrogens is 2. The minimum absolute atomic E-state index is 0.699. The molecule has 0 unspecified atom stereocenters. The molecule has 0 radical (unpaired) electrons. The third kappa shape index (κ3) is 2.19. The number of nitrogen functional groups attached to an aromatic ring is 1. The molecule has 5 heteroatoms. The Morgan fingerprint density at radius 1 is 1.11 bits per heavy atom. The molecule has 2 N–H and O–H groups in total.